The second kappa shape index (κ2) is 9.80. The monoisotopic (exact) mass is 423 g/mol. The maximum atomic E-state index is 14.6. The SMILES string of the molecule is CCOC(=O)CNC(=O)c1nc(Cc2ccc(-c3ccccc3)c(F)c2)nc(C)c1O. The zero-order chi connectivity index (χ0) is 22.4. The number of aromatic nitrogens is 2. The molecule has 0 spiro atoms. The van der Waals surface area contributed by atoms with Gasteiger partial charge in [0.05, 0.1) is 12.3 Å². The van der Waals surface area contributed by atoms with Gasteiger partial charge in [-0.25, -0.2) is 14.4 Å². The minimum absolute atomic E-state index is 0.158. The molecule has 0 radical (unpaired) electrons. The summed E-state index contributed by atoms with van der Waals surface area (Å²) in [5, 5.41) is 12.5. The van der Waals surface area contributed by atoms with Crippen molar-refractivity contribution in [3.63, 3.8) is 0 Å². The van der Waals surface area contributed by atoms with Gasteiger partial charge in [0.1, 0.15) is 18.2 Å². The van der Waals surface area contributed by atoms with E-state index in [4.69, 9.17) is 4.74 Å². The lowest BCUT2D eigenvalue weighted by Gasteiger charge is -2.10. The van der Waals surface area contributed by atoms with Crippen LogP contribution >= 0.6 is 0 Å². The molecule has 0 bridgehead atoms. The number of aromatic hydroxyl groups is 1. The summed E-state index contributed by atoms with van der Waals surface area (Å²) in [6.07, 6.45) is 0.158. The van der Waals surface area contributed by atoms with Crippen LogP contribution in [0.4, 0.5) is 4.39 Å². The number of nitrogens with zero attached hydrogens (tertiary/aromatic N) is 2. The van der Waals surface area contributed by atoms with Crippen molar-refractivity contribution in [3.05, 3.63) is 77.1 Å². The number of rotatable bonds is 7. The van der Waals surface area contributed by atoms with Crippen molar-refractivity contribution in [2.24, 2.45) is 0 Å². The van der Waals surface area contributed by atoms with Crippen molar-refractivity contribution in [1.82, 2.24) is 15.3 Å². The van der Waals surface area contributed by atoms with Crippen molar-refractivity contribution in [2.45, 2.75) is 20.3 Å². The molecular weight excluding hydrogens is 401 g/mol. The number of aryl methyl sites for hydroxylation is 1. The third kappa shape index (κ3) is 5.42. The van der Waals surface area contributed by atoms with E-state index in [1.165, 1.54) is 13.0 Å². The molecule has 0 unspecified atom stereocenters. The topological polar surface area (TPSA) is 101 Å². The highest BCUT2D eigenvalue weighted by Crippen LogP contribution is 2.25. The molecule has 160 valence electrons. The molecule has 0 atom stereocenters. The Morgan fingerprint density at radius 2 is 1.87 bits per heavy atom. The van der Waals surface area contributed by atoms with Crippen molar-refractivity contribution >= 4 is 11.9 Å². The molecule has 31 heavy (non-hydrogen) atoms. The molecule has 0 aliphatic carbocycles. The number of nitrogens with one attached hydrogen (secondary N) is 1. The number of halogens is 1. The highest BCUT2D eigenvalue weighted by atomic mass is 19.1. The van der Waals surface area contributed by atoms with Crippen LogP contribution in [0.25, 0.3) is 11.1 Å². The zero-order valence-electron chi connectivity index (χ0n) is 17.2. The van der Waals surface area contributed by atoms with Gasteiger partial charge in [-0.05, 0) is 31.0 Å². The van der Waals surface area contributed by atoms with Gasteiger partial charge in [-0.3, -0.25) is 9.59 Å². The van der Waals surface area contributed by atoms with Gasteiger partial charge >= 0.3 is 5.97 Å². The molecule has 1 aromatic heterocycles. The van der Waals surface area contributed by atoms with Crippen LogP contribution in [-0.4, -0.2) is 40.1 Å². The van der Waals surface area contributed by atoms with Gasteiger partial charge in [-0.2, -0.15) is 0 Å². The van der Waals surface area contributed by atoms with Crippen LogP contribution in [0.2, 0.25) is 0 Å². The summed E-state index contributed by atoms with van der Waals surface area (Å²) in [6.45, 7) is 3.02. The van der Waals surface area contributed by atoms with Crippen LogP contribution in [0.3, 0.4) is 0 Å². The van der Waals surface area contributed by atoms with Crippen molar-refractivity contribution < 1.29 is 23.8 Å². The van der Waals surface area contributed by atoms with E-state index >= 15 is 0 Å². The number of esters is 1. The normalized spacial score (nSPS) is 10.5. The molecule has 0 aliphatic heterocycles. The predicted molar refractivity (Wildman–Crippen MR) is 112 cm³/mol. The van der Waals surface area contributed by atoms with Crippen LogP contribution in [0, 0.1) is 12.7 Å². The maximum Gasteiger partial charge on any atom is 0.325 e. The Bertz CT molecular complexity index is 1100. The summed E-state index contributed by atoms with van der Waals surface area (Å²) in [5.41, 5.74) is 1.80. The first kappa shape index (κ1) is 21.9. The maximum absolute atomic E-state index is 14.6. The van der Waals surface area contributed by atoms with Crippen LogP contribution in [0.1, 0.15) is 34.5 Å². The summed E-state index contributed by atoms with van der Waals surface area (Å²) in [6, 6.07) is 14.0. The standard InChI is InChI=1S/C23H22FN3O4/c1-3-31-20(28)13-25-23(30)21-22(29)14(2)26-19(27-21)12-15-9-10-17(18(24)11-15)16-7-5-4-6-8-16/h4-11,29H,3,12-13H2,1-2H3,(H,25,30). The molecule has 3 rings (SSSR count). The van der Waals surface area contributed by atoms with Crippen LogP contribution in [0.15, 0.2) is 48.5 Å². The number of carbonyl (C=O) groups excluding carboxylic acids is 2. The fourth-order valence-corrected chi connectivity index (χ4v) is 3.01. The first-order valence-electron chi connectivity index (χ1n) is 9.73. The highest BCUT2D eigenvalue weighted by molar-refractivity contribution is 5.96. The number of carbonyl (C=O) groups is 2. The Balaban J connectivity index is 1.80. The van der Waals surface area contributed by atoms with Crippen LogP contribution < -0.4 is 5.32 Å². The molecule has 0 fully saturated rings. The van der Waals surface area contributed by atoms with Gasteiger partial charge in [0.25, 0.3) is 5.91 Å². The van der Waals surface area contributed by atoms with Crippen molar-refractivity contribution in [1.29, 1.82) is 0 Å². The Morgan fingerprint density at radius 3 is 2.55 bits per heavy atom. The molecule has 0 saturated carbocycles. The lowest BCUT2D eigenvalue weighted by Crippen LogP contribution is -2.31. The average Bonchev–Trinajstić information content (AvgIpc) is 2.75. The van der Waals surface area contributed by atoms with Gasteiger partial charge < -0.3 is 15.2 Å². The summed E-state index contributed by atoms with van der Waals surface area (Å²) < 4.78 is 19.4. The van der Waals surface area contributed by atoms with Crippen molar-refractivity contribution in [2.75, 3.05) is 13.2 Å². The molecule has 8 heteroatoms. The molecule has 2 N–H and O–H groups in total. The zero-order valence-corrected chi connectivity index (χ0v) is 17.2. The molecule has 3 aromatic rings. The molecule has 1 amide bonds. The summed E-state index contributed by atoms with van der Waals surface area (Å²) in [4.78, 5) is 32.1. The largest absolute Gasteiger partial charge is 0.504 e. The Morgan fingerprint density at radius 1 is 1.13 bits per heavy atom. The highest BCUT2D eigenvalue weighted by Gasteiger charge is 2.19. The Labute approximate surface area is 178 Å². The molecule has 7 nitrogen and oxygen atoms in total. The number of ether oxygens (including phenoxy) is 1. The first-order chi connectivity index (χ1) is 14.9. The predicted octanol–water partition coefficient (Wildman–Crippen LogP) is 3.18. The molecule has 0 saturated heterocycles. The number of hydrogen-bond donors (Lipinski definition) is 2. The summed E-state index contributed by atoms with van der Waals surface area (Å²) >= 11 is 0. The third-order valence-corrected chi connectivity index (χ3v) is 4.50. The van der Waals surface area contributed by atoms with E-state index in [0.717, 1.165) is 5.56 Å². The summed E-state index contributed by atoms with van der Waals surface area (Å²) in [7, 11) is 0. The minimum Gasteiger partial charge on any atom is -0.504 e. The molecular formula is C23H22FN3O4. The Hall–Kier alpha value is -3.81. The van der Waals surface area contributed by atoms with E-state index in [1.54, 1.807) is 19.1 Å². The van der Waals surface area contributed by atoms with Gasteiger partial charge in [0.15, 0.2) is 11.4 Å². The molecule has 0 aliphatic rings. The van der Waals surface area contributed by atoms with E-state index in [9.17, 15) is 19.1 Å². The summed E-state index contributed by atoms with van der Waals surface area (Å²) in [5.74, 6) is -1.86. The van der Waals surface area contributed by atoms with Gasteiger partial charge in [0.2, 0.25) is 0 Å². The van der Waals surface area contributed by atoms with Gasteiger partial charge in [0, 0.05) is 12.0 Å². The number of hydrogen-bond acceptors (Lipinski definition) is 6. The fourth-order valence-electron chi connectivity index (χ4n) is 3.01. The van der Waals surface area contributed by atoms with E-state index in [-0.39, 0.29) is 48.4 Å². The number of benzene rings is 2. The average molecular weight is 423 g/mol. The van der Waals surface area contributed by atoms with Crippen LogP contribution in [-0.2, 0) is 16.0 Å². The Kier molecular flexibility index (Phi) is 6.92. The number of amides is 1. The first-order valence-corrected chi connectivity index (χ1v) is 9.73. The third-order valence-electron chi connectivity index (χ3n) is 4.50. The van der Waals surface area contributed by atoms with E-state index in [0.29, 0.717) is 11.1 Å². The fraction of sp³-hybridized carbons (Fsp3) is 0.217. The van der Waals surface area contributed by atoms with Gasteiger partial charge in [-0.15, -0.1) is 0 Å². The smallest absolute Gasteiger partial charge is 0.325 e. The van der Waals surface area contributed by atoms with Gasteiger partial charge in [-0.1, -0.05) is 42.5 Å². The lowest BCUT2D eigenvalue weighted by molar-refractivity contribution is -0.141. The van der Waals surface area contributed by atoms with E-state index in [2.05, 4.69) is 15.3 Å². The minimum atomic E-state index is -0.733. The molecule has 2 aromatic carbocycles. The quantitative estimate of drug-likeness (QED) is 0.566. The van der Waals surface area contributed by atoms with Crippen LogP contribution in [0.5, 0.6) is 5.75 Å². The lowest BCUT2D eigenvalue weighted by atomic mass is 10.0. The van der Waals surface area contributed by atoms with E-state index < -0.39 is 11.9 Å². The molecule has 1 heterocycles. The van der Waals surface area contributed by atoms with E-state index in [1.807, 2.05) is 30.3 Å². The second-order valence-electron chi connectivity index (χ2n) is 6.77. The second-order valence-corrected chi connectivity index (χ2v) is 6.77. The van der Waals surface area contributed by atoms with Crippen molar-refractivity contribution in [3.8, 4) is 16.9 Å².